The second-order valence-corrected chi connectivity index (χ2v) is 7.13. The number of sulfonamides is 1. The lowest BCUT2D eigenvalue weighted by Gasteiger charge is -2.24. The summed E-state index contributed by atoms with van der Waals surface area (Å²) in [5.74, 6) is 0.0143. The summed E-state index contributed by atoms with van der Waals surface area (Å²) in [7, 11) is -0.496. The van der Waals surface area contributed by atoms with Gasteiger partial charge in [-0.2, -0.15) is 9.40 Å². The van der Waals surface area contributed by atoms with E-state index >= 15 is 0 Å². The van der Waals surface area contributed by atoms with Gasteiger partial charge in [-0.05, 0) is 19.4 Å². The van der Waals surface area contributed by atoms with Gasteiger partial charge in [-0.25, -0.2) is 8.42 Å². The van der Waals surface area contributed by atoms with E-state index in [1.165, 1.54) is 15.2 Å². The molecule has 2 N–H and O–H groups in total. The highest BCUT2D eigenvalue weighted by atomic mass is 32.2. The Bertz CT molecular complexity index is 735. The molecular formula is C14H20N4O2S. The molecule has 0 spiro atoms. The summed E-state index contributed by atoms with van der Waals surface area (Å²) in [6, 6.07) is 7.49. The van der Waals surface area contributed by atoms with E-state index in [2.05, 4.69) is 5.10 Å². The van der Waals surface area contributed by atoms with E-state index in [9.17, 15) is 8.42 Å². The summed E-state index contributed by atoms with van der Waals surface area (Å²) in [5.41, 5.74) is 7.74. The minimum Gasteiger partial charge on any atom is -0.381 e. The summed E-state index contributed by atoms with van der Waals surface area (Å²) in [5, 5.41) is 3.89. The minimum atomic E-state index is -3.68. The molecule has 0 fully saturated rings. The van der Waals surface area contributed by atoms with Crippen molar-refractivity contribution in [3.63, 3.8) is 0 Å². The summed E-state index contributed by atoms with van der Waals surface area (Å²) in [6.07, 6.45) is 1.42. The summed E-state index contributed by atoms with van der Waals surface area (Å²) in [4.78, 5) is 0.0338. The molecule has 0 aliphatic carbocycles. The third-order valence-corrected chi connectivity index (χ3v) is 5.53. The third-order valence-electron chi connectivity index (χ3n) is 3.58. The van der Waals surface area contributed by atoms with Crippen molar-refractivity contribution in [2.75, 3.05) is 12.8 Å². The fourth-order valence-electron chi connectivity index (χ4n) is 2.10. The fourth-order valence-corrected chi connectivity index (χ4v) is 3.54. The van der Waals surface area contributed by atoms with Crippen LogP contribution < -0.4 is 5.73 Å². The Morgan fingerprint density at radius 1 is 1.29 bits per heavy atom. The predicted molar refractivity (Wildman–Crippen MR) is 82.2 cm³/mol. The Morgan fingerprint density at radius 2 is 1.86 bits per heavy atom. The van der Waals surface area contributed by atoms with E-state index < -0.39 is 10.0 Å². The van der Waals surface area contributed by atoms with E-state index in [4.69, 9.17) is 5.73 Å². The maximum Gasteiger partial charge on any atom is 0.248 e. The highest BCUT2D eigenvalue weighted by Crippen LogP contribution is 2.27. The average Bonchev–Trinajstić information content (AvgIpc) is 2.77. The van der Waals surface area contributed by atoms with Gasteiger partial charge in [0.25, 0.3) is 0 Å². The van der Waals surface area contributed by atoms with Gasteiger partial charge in [0.15, 0.2) is 5.82 Å². The highest BCUT2D eigenvalue weighted by molar-refractivity contribution is 7.89. The Morgan fingerprint density at radius 3 is 2.33 bits per heavy atom. The number of aromatic nitrogens is 2. The van der Waals surface area contributed by atoms with Crippen molar-refractivity contribution in [3.8, 4) is 0 Å². The van der Waals surface area contributed by atoms with Crippen LogP contribution in [0.25, 0.3) is 0 Å². The van der Waals surface area contributed by atoms with Crippen LogP contribution in [0.4, 0.5) is 5.82 Å². The van der Waals surface area contributed by atoms with Gasteiger partial charge in [-0.15, -0.1) is 0 Å². The van der Waals surface area contributed by atoms with Crippen LogP contribution in [0.5, 0.6) is 0 Å². The zero-order chi connectivity index (χ0) is 15.8. The van der Waals surface area contributed by atoms with Crippen molar-refractivity contribution in [2.45, 2.75) is 24.8 Å². The monoisotopic (exact) mass is 308 g/mol. The lowest BCUT2D eigenvalue weighted by Crippen LogP contribution is -2.30. The molecule has 0 radical (unpaired) electrons. The van der Waals surface area contributed by atoms with Crippen LogP contribution in [-0.2, 0) is 17.1 Å². The summed E-state index contributed by atoms with van der Waals surface area (Å²) >= 11 is 0. The van der Waals surface area contributed by atoms with E-state index in [0.717, 1.165) is 11.1 Å². The zero-order valence-electron chi connectivity index (χ0n) is 12.6. The predicted octanol–water partition coefficient (Wildman–Crippen LogP) is 1.69. The first kappa shape index (κ1) is 15.5. The van der Waals surface area contributed by atoms with Crippen molar-refractivity contribution < 1.29 is 8.42 Å². The SMILES string of the molecule is Cc1ccc(C(C)N(C)S(=O)(=O)c2cn(C)nc2N)cc1. The topological polar surface area (TPSA) is 81.2 Å². The van der Waals surface area contributed by atoms with Crippen LogP contribution >= 0.6 is 0 Å². The molecule has 114 valence electrons. The standard InChI is InChI=1S/C14H20N4O2S/c1-10-5-7-12(8-6-10)11(2)18(4)21(19,20)13-9-17(3)16-14(13)15/h5-9,11H,1-4H3,(H2,15,16). The van der Waals surface area contributed by atoms with Crippen LogP contribution in [0.1, 0.15) is 24.1 Å². The first-order chi connectivity index (χ1) is 9.73. The minimum absolute atomic E-state index is 0.0143. The van der Waals surface area contributed by atoms with Crippen molar-refractivity contribution in [2.24, 2.45) is 7.05 Å². The molecule has 0 aliphatic heterocycles. The van der Waals surface area contributed by atoms with Crippen LogP contribution in [0.3, 0.4) is 0 Å². The third kappa shape index (κ3) is 2.93. The molecule has 0 saturated heterocycles. The van der Waals surface area contributed by atoms with E-state index in [1.807, 2.05) is 38.1 Å². The molecule has 1 aromatic carbocycles. The molecule has 2 rings (SSSR count). The lowest BCUT2D eigenvalue weighted by molar-refractivity contribution is 0.398. The van der Waals surface area contributed by atoms with Gasteiger partial charge >= 0.3 is 0 Å². The van der Waals surface area contributed by atoms with Crippen LogP contribution in [0.15, 0.2) is 35.4 Å². The molecule has 0 amide bonds. The maximum absolute atomic E-state index is 12.6. The maximum atomic E-state index is 12.6. The second-order valence-electron chi connectivity index (χ2n) is 5.16. The number of anilines is 1. The number of nitrogen functional groups attached to an aromatic ring is 1. The molecule has 1 heterocycles. The van der Waals surface area contributed by atoms with Gasteiger partial charge in [-0.3, -0.25) is 4.68 Å². The average molecular weight is 308 g/mol. The van der Waals surface area contributed by atoms with Crippen molar-refractivity contribution in [1.29, 1.82) is 0 Å². The number of nitrogens with two attached hydrogens (primary N) is 1. The van der Waals surface area contributed by atoms with E-state index in [0.29, 0.717) is 0 Å². The number of nitrogens with zero attached hydrogens (tertiary/aromatic N) is 3. The summed E-state index contributed by atoms with van der Waals surface area (Å²) in [6.45, 7) is 3.83. The molecular weight excluding hydrogens is 288 g/mol. The van der Waals surface area contributed by atoms with Gasteiger partial charge in [0.2, 0.25) is 10.0 Å². The molecule has 0 aliphatic rings. The van der Waals surface area contributed by atoms with Gasteiger partial charge in [-0.1, -0.05) is 29.8 Å². The number of hydrogen-bond donors (Lipinski definition) is 1. The van der Waals surface area contributed by atoms with Gasteiger partial charge in [0.05, 0.1) is 0 Å². The first-order valence-corrected chi connectivity index (χ1v) is 8.01. The largest absolute Gasteiger partial charge is 0.381 e. The smallest absolute Gasteiger partial charge is 0.248 e. The second kappa shape index (κ2) is 5.50. The number of aryl methyl sites for hydroxylation is 2. The lowest BCUT2D eigenvalue weighted by atomic mass is 10.1. The van der Waals surface area contributed by atoms with E-state index in [1.54, 1.807) is 14.1 Å². The van der Waals surface area contributed by atoms with Gasteiger partial charge < -0.3 is 5.73 Å². The van der Waals surface area contributed by atoms with E-state index in [-0.39, 0.29) is 16.8 Å². The quantitative estimate of drug-likeness (QED) is 0.932. The van der Waals surface area contributed by atoms with Crippen molar-refractivity contribution >= 4 is 15.8 Å². The number of rotatable bonds is 4. The van der Waals surface area contributed by atoms with Crippen molar-refractivity contribution in [3.05, 3.63) is 41.6 Å². The first-order valence-electron chi connectivity index (χ1n) is 6.57. The van der Waals surface area contributed by atoms with Crippen molar-refractivity contribution in [1.82, 2.24) is 14.1 Å². The Hall–Kier alpha value is -1.86. The fraction of sp³-hybridized carbons (Fsp3) is 0.357. The number of hydrogen-bond acceptors (Lipinski definition) is 4. The molecule has 1 aromatic heterocycles. The molecule has 7 heteroatoms. The van der Waals surface area contributed by atoms with Crippen LogP contribution in [0.2, 0.25) is 0 Å². The van der Waals surface area contributed by atoms with Crippen LogP contribution in [0, 0.1) is 6.92 Å². The van der Waals surface area contributed by atoms with Gasteiger partial charge in [0, 0.05) is 26.3 Å². The normalized spacial score (nSPS) is 13.6. The molecule has 2 aromatic rings. The number of benzene rings is 1. The summed E-state index contributed by atoms with van der Waals surface area (Å²) < 4.78 is 28.0. The molecule has 0 bridgehead atoms. The Kier molecular flexibility index (Phi) is 4.06. The molecule has 1 unspecified atom stereocenters. The molecule has 6 nitrogen and oxygen atoms in total. The highest BCUT2D eigenvalue weighted by Gasteiger charge is 2.29. The zero-order valence-corrected chi connectivity index (χ0v) is 13.4. The Balaban J connectivity index is 2.36. The molecule has 0 saturated carbocycles. The molecule has 1 atom stereocenters. The van der Waals surface area contributed by atoms with Crippen LogP contribution in [-0.4, -0.2) is 29.6 Å². The van der Waals surface area contributed by atoms with Gasteiger partial charge in [0.1, 0.15) is 4.90 Å². The molecule has 21 heavy (non-hydrogen) atoms. The Labute approximate surface area is 125 Å².